The molecule has 1 aromatic carbocycles. The van der Waals surface area contributed by atoms with E-state index in [-0.39, 0.29) is 0 Å². The summed E-state index contributed by atoms with van der Waals surface area (Å²) in [7, 11) is 3.73. The molecule has 1 rings (SSSR count). The quantitative estimate of drug-likeness (QED) is 0.781. The van der Waals surface area contributed by atoms with Gasteiger partial charge in [-0.1, -0.05) is 26.0 Å². The molecule has 2 unspecified atom stereocenters. The van der Waals surface area contributed by atoms with E-state index < -0.39 is 0 Å². The zero-order chi connectivity index (χ0) is 13.5. The first-order valence-corrected chi connectivity index (χ1v) is 6.70. The van der Waals surface area contributed by atoms with Gasteiger partial charge in [0.2, 0.25) is 0 Å². The second kappa shape index (κ2) is 7.39. The Kier molecular flexibility index (Phi) is 6.16. The molecular weight excluding hydrogens is 224 g/mol. The maximum Gasteiger partial charge on any atom is 0.122 e. The van der Waals surface area contributed by atoms with Gasteiger partial charge in [-0.05, 0) is 49.5 Å². The maximum absolute atomic E-state index is 5.71. The van der Waals surface area contributed by atoms with E-state index in [9.17, 15) is 0 Å². The molecule has 1 aromatic rings. The van der Waals surface area contributed by atoms with Crippen molar-refractivity contribution in [1.29, 1.82) is 0 Å². The summed E-state index contributed by atoms with van der Waals surface area (Å²) < 4.78 is 5.37. The molecule has 3 nitrogen and oxygen atoms in total. The normalized spacial score (nSPS) is 14.3. The number of rotatable bonds is 7. The van der Waals surface area contributed by atoms with Crippen molar-refractivity contribution in [2.45, 2.75) is 32.7 Å². The van der Waals surface area contributed by atoms with Crippen LogP contribution in [0, 0.1) is 5.92 Å². The summed E-state index contributed by atoms with van der Waals surface area (Å²) in [5, 5.41) is 3.38. The summed E-state index contributed by atoms with van der Waals surface area (Å²) in [6.45, 7) is 5.07. The van der Waals surface area contributed by atoms with Crippen molar-refractivity contribution >= 4 is 0 Å². The Labute approximate surface area is 111 Å². The fourth-order valence-electron chi connectivity index (χ4n) is 2.21. The summed E-state index contributed by atoms with van der Waals surface area (Å²) in [6, 6.07) is 6.80. The van der Waals surface area contributed by atoms with E-state index in [1.165, 1.54) is 11.1 Å². The molecule has 0 aliphatic heterocycles. The third-order valence-corrected chi connectivity index (χ3v) is 3.48. The average Bonchev–Trinajstić information content (AvgIpc) is 2.43. The van der Waals surface area contributed by atoms with Gasteiger partial charge < -0.3 is 15.8 Å². The lowest BCUT2D eigenvalue weighted by molar-refractivity contribution is 0.408. The minimum atomic E-state index is 0.361. The van der Waals surface area contributed by atoms with Crippen LogP contribution in [0.4, 0.5) is 0 Å². The van der Waals surface area contributed by atoms with E-state index in [4.69, 9.17) is 10.5 Å². The molecule has 2 atom stereocenters. The van der Waals surface area contributed by atoms with Gasteiger partial charge in [-0.15, -0.1) is 0 Å². The Morgan fingerprint density at radius 3 is 2.61 bits per heavy atom. The van der Waals surface area contributed by atoms with Gasteiger partial charge in [0.1, 0.15) is 5.75 Å². The van der Waals surface area contributed by atoms with Crippen molar-refractivity contribution < 1.29 is 4.74 Å². The first-order chi connectivity index (χ1) is 8.65. The van der Waals surface area contributed by atoms with E-state index in [1.54, 1.807) is 7.11 Å². The first-order valence-electron chi connectivity index (χ1n) is 6.70. The monoisotopic (exact) mass is 250 g/mol. The van der Waals surface area contributed by atoms with E-state index in [0.29, 0.717) is 12.0 Å². The van der Waals surface area contributed by atoms with Gasteiger partial charge in [-0.25, -0.2) is 0 Å². The molecule has 0 aliphatic carbocycles. The van der Waals surface area contributed by atoms with E-state index in [2.05, 4.69) is 37.4 Å². The SMILES string of the molecule is CCc1cc(C(CC(C)CN)NC)ccc1OC. The minimum Gasteiger partial charge on any atom is -0.496 e. The molecule has 0 bridgehead atoms. The second-order valence-corrected chi connectivity index (χ2v) is 4.84. The maximum atomic E-state index is 5.71. The number of hydrogen-bond acceptors (Lipinski definition) is 3. The Balaban J connectivity index is 2.92. The third-order valence-electron chi connectivity index (χ3n) is 3.48. The minimum absolute atomic E-state index is 0.361. The molecule has 0 fully saturated rings. The Bertz CT molecular complexity index is 366. The predicted molar refractivity (Wildman–Crippen MR) is 77.0 cm³/mol. The van der Waals surface area contributed by atoms with Gasteiger partial charge in [0, 0.05) is 6.04 Å². The summed E-state index contributed by atoms with van der Waals surface area (Å²) in [5.41, 5.74) is 8.28. The Morgan fingerprint density at radius 2 is 2.11 bits per heavy atom. The molecule has 3 heteroatoms. The van der Waals surface area contributed by atoms with Gasteiger partial charge in [0.05, 0.1) is 7.11 Å². The van der Waals surface area contributed by atoms with Crippen molar-refractivity contribution in [2.75, 3.05) is 20.7 Å². The van der Waals surface area contributed by atoms with Crippen LogP contribution in [0.2, 0.25) is 0 Å². The molecule has 0 aromatic heterocycles. The lowest BCUT2D eigenvalue weighted by atomic mass is 9.94. The molecule has 102 valence electrons. The zero-order valence-electron chi connectivity index (χ0n) is 12.0. The Morgan fingerprint density at radius 1 is 1.39 bits per heavy atom. The van der Waals surface area contributed by atoms with Crippen LogP contribution in [0.1, 0.15) is 37.4 Å². The lowest BCUT2D eigenvalue weighted by Crippen LogP contribution is -2.22. The van der Waals surface area contributed by atoms with Crippen LogP contribution < -0.4 is 15.8 Å². The standard InChI is InChI=1S/C15H26N2O/c1-5-12-9-13(6-7-15(12)18-4)14(17-3)8-11(2)10-16/h6-7,9,11,14,17H,5,8,10,16H2,1-4H3. The molecule has 0 spiro atoms. The number of hydrogen-bond donors (Lipinski definition) is 2. The van der Waals surface area contributed by atoms with E-state index in [1.807, 2.05) is 7.05 Å². The van der Waals surface area contributed by atoms with Gasteiger partial charge in [-0.3, -0.25) is 0 Å². The van der Waals surface area contributed by atoms with Gasteiger partial charge in [0.15, 0.2) is 0 Å². The lowest BCUT2D eigenvalue weighted by Gasteiger charge is -2.21. The molecule has 0 saturated heterocycles. The number of nitrogens with one attached hydrogen (secondary N) is 1. The van der Waals surface area contributed by atoms with Crippen molar-refractivity contribution in [3.05, 3.63) is 29.3 Å². The second-order valence-electron chi connectivity index (χ2n) is 4.84. The number of aryl methyl sites for hydroxylation is 1. The molecule has 3 N–H and O–H groups in total. The van der Waals surface area contributed by atoms with Crippen LogP contribution in [-0.2, 0) is 6.42 Å². The third kappa shape index (κ3) is 3.72. The van der Waals surface area contributed by atoms with Gasteiger partial charge in [0.25, 0.3) is 0 Å². The largest absolute Gasteiger partial charge is 0.496 e. The topological polar surface area (TPSA) is 47.3 Å². The number of ether oxygens (including phenoxy) is 1. The molecule has 0 saturated carbocycles. The number of methoxy groups -OCH3 is 1. The van der Waals surface area contributed by atoms with Crippen LogP contribution in [0.5, 0.6) is 5.75 Å². The summed E-state index contributed by atoms with van der Waals surface area (Å²) in [6.07, 6.45) is 2.04. The highest BCUT2D eigenvalue weighted by Gasteiger charge is 2.14. The Hall–Kier alpha value is -1.06. The fraction of sp³-hybridized carbons (Fsp3) is 0.600. The highest BCUT2D eigenvalue weighted by atomic mass is 16.5. The molecule has 0 amide bonds. The van der Waals surface area contributed by atoms with Gasteiger partial charge in [-0.2, -0.15) is 0 Å². The van der Waals surface area contributed by atoms with Crippen LogP contribution in [0.3, 0.4) is 0 Å². The predicted octanol–water partition coefficient (Wildman–Crippen LogP) is 2.50. The summed E-state index contributed by atoms with van der Waals surface area (Å²) >= 11 is 0. The zero-order valence-corrected chi connectivity index (χ0v) is 12.0. The van der Waals surface area contributed by atoms with Crippen LogP contribution in [0.25, 0.3) is 0 Å². The van der Waals surface area contributed by atoms with Crippen molar-refractivity contribution in [2.24, 2.45) is 11.7 Å². The van der Waals surface area contributed by atoms with E-state index >= 15 is 0 Å². The van der Waals surface area contributed by atoms with Crippen LogP contribution in [0.15, 0.2) is 18.2 Å². The summed E-state index contributed by atoms with van der Waals surface area (Å²) in [5.74, 6) is 1.50. The first kappa shape index (κ1) is 15.0. The van der Waals surface area contributed by atoms with E-state index in [0.717, 1.165) is 25.1 Å². The molecule has 0 radical (unpaired) electrons. The highest BCUT2D eigenvalue weighted by molar-refractivity contribution is 5.38. The number of benzene rings is 1. The fourth-order valence-corrected chi connectivity index (χ4v) is 2.21. The van der Waals surface area contributed by atoms with Crippen LogP contribution >= 0.6 is 0 Å². The molecule has 0 aliphatic rings. The smallest absolute Gasteiger partial charge is 0.122 e. The number of nitrogens with two attached hydrogens (primary N) is 1. The van der Waals surface area contributed by atoms with Gasteiger partial charge >= 0.3 is 0 Å². The molecule has 18 heavy (non-hydrogen) atoms. The van der Waals surface area contributed by atoms with Crippen LogP contribution in [-0.4, -0.2) is 20.7 Å². The molecule has 0 heterocycles. The van der Waals surface area contributed by atoms with Crippen molar-refractivity contribution in [3.8, 4) is 5.75 Å². The highest BCUT2D eigenvalue weighted by Crippen LogP contribution is 2.26. The van der Waals surface area contributed by atoms with Crippen molar-refractivity contribution in [1.82, 2.24) is 5.32 Å². The van der Waals surface area contributed by atoms with Crippen molar-refractivity contribution in [3.63, 3.8) is 0 Å². The summed E-state index contributed by atoms with van der Waals surface area (Å²) in [4.78, 5) is 0. The average molecular weight is 250 g/mol. The molecular formula is C15H26N2O.